The van der Waals surface area contributed by atoms with E-state index in [-0.39, 0.29) is 17.9 Å². The molecule has 5 nitrogen and oxygen atoms in total. The van der Waals surface area contributed by atoms with Crippen molar-refractivity contribution in [2.75, 3.05) is 19.7 Å². The van der Waals surface area contributed by atoms with E-state index in [4.69, 9.17) is 0 Å². The highest BCUT2D eigenvalue weighted by molar-refractivity contribution is 6.05. The maximum Gasteiger partial charge on any atom is 0.256 e. The maximum atomic E-state index is 12.9. The predicted molar refractivity (Wildman–Crippen MR) is 85.7 cm³/mol. The number of likely N-dealkylation sites (tertiary alicyclic amines) is 1. The van der Waals surface area contributed by atoms with Gasteiger partial charge in [0.2, 0.25) is 0 Å². The van der Waals surface area contributed by atoms with Crippen molar-refractivity contribution in [1.82, 2.24) is 15.1 Å². The Balaban J connectivity index is 1.93. The Bertz CT molecular complexity index is 707. The number of aryl methyl sites for hydroxylation is 1. The van der Waals surface area contributed by atoms with Crippen molar-refractivity contribution in [3.05, 3.63) is 29.5 Å². The minimum Gasteiger partial charge on any atom is -0.396 e. The first kappa shape index (κ1) is 15.0. The van der Waals surface area contributed by atoms with E-state index in [0.29, 0.717) is 24.6 Å². The molecule has 0 spiro atoms. The Morgan fingerprint density at radius 2 is 2.27 bits per heavy atom. The highest BCUT2D eigenvalue weighted by Gasteiger charge is 2.42. The second-order valence-electron chi connectivity index (χ2n) is 6.80. The number of aliphatic hydroxyl groups is 1. The number of nitrogens with one attached hydrogen (secondary N) is 1. The number of nitrogens with zero attached hydrogens (tertiary/aromatic N) is 2. The molecule has 1 aliphatic heterocycles. The first-order valence-corrected chi connectivity index (χ1v) is 7.81. The van der Waals surface area contributed by atoms with Crippen LogP contribution in [0.25, 0.3) is 10.9 Å². The molecule has 2 heterocycles. The number of benzene rings is 1. The van der Waals surface area contributed by atoms with E-state index in [9.17, 15) is 9.90 Å². The summed E-state index contributed by atoms with van der Waals surface area (Å²) in [4.78, 5) is 14.8. The maximum absolute atomic E-state index is 12.9. The Morgan fingerprint density at radius 1 is 1.50 bits per heavy atom. The van der Waals surface area contributed by atoms with Gasteiger partial charge >= 0.3 is 0 Å². The van der Waals surface area contributed by atoms with E-state index >= 15 is 0 Å². The summed E-state index contributed by atoms with van der Waals surface area (Å²) in [7, 11) is 0. The molecule has 1 atom stereocenters. The second-order valence-corrected chi connectivity index (χ2v) is 6.80. The van der Waals surface area contributed by atoms with E-state index in [2.05, 4.69) is 24.0 Å². The third-order valence-corrected chi connectivity index (χ3v) is 5.14. The third-order valence-electron chi connectivity index (χ3n) is 5.14. The Hall–Kier alpha value is -1.88. The summed E-state index contributed by atoms with van der Waals surface area (Å²) < 4.78 is 0. The van der Waals surface area contributed by atoms with Gasteiger partial charge in [-0.1, -0.05) is 13.8 Å². The lowest BCUT2D eigenvalue weighted by atomic mass is 9.77. The molecule has 22 heavy (non-hydrogen) atoms. The average molecular weight is 301 g/mol. The summed E-state index contributed by atoms with van der Waals surface area (Å²) in [5, 5.41) is 17.7. The number of rotatable bonds is 3. The predicted octanol–water partition coefficient (Wildman–Crippen LogP) is 2.35. The summed E-state index contributed by atoms with van der Waals surface area (Å²) >= 11 is 0. The van der Waals surface area contributed by atoms with Crippen LogP contribution in [0.3, 0.4) is 0 Å². The number of hydrogen-bond acceptors (Lipinski definition) is 3. The van der Waals surface area contributed by atoms with Crippen molar-refractivity contribution in [3.63, 3.8) is 0 Å². The Morgan fingerprint density at radius 3 is 2.91 bits per heavy atom. The van der Waals surface area contributed by atoms with Crippen molar-refractivity contribution in [2.45, 2.75) is 27.2 Å². The van der Waals surface area contributed by atoms with Crippen LogP contribution in [0.1, 0.15) is 36.2 Å². The van der Waals surface area contributed by atoms with Crippen LogP contribution in [-0.4, -0.2) is 45.8 Å². The van der Waals surface area contributed by atoms with E-state index in [1.165, 1.54) is 0 Å². The number of aromatic amines is 1. The zero-order chi connectivity index (χ0) is 15.9. The minimum atomic E-state index is -0.174. The SMILES string of the molecule is Cc1cc(C(=O)N2CCC(CO)(C(C)C)C2)c2[nH]ncc2c1. The fourth-order valence-electron chi connectivity index (χ4n) is 3.40. The van der Waals surface area contributed by atoms with Crippen LogP contribution in [0.5, 0.6) is 0 Å². The highest BCUT2D eigenvalue weighted by atomic mass is 16.3. The molecule has 2 N–H and O–H groups in total. The molecule has 5 heteroatoms. The smallest absolute Gasteiger partial charge is 0.256 e. The van der Waals surface area contributed by atoms with Gasteiger partial charge in [-0.3, -0.25) is 9.89 Å². The van der Waals surface area contributed by atoms with E-state index < -0.39 is 0 Å². The van der Waals surface area contributed by atoms with Gasteiger partial charge in [-0.2, -0.15) is 5.10 Å². The van der Waals surface area contributed by atoms with Crippen LogP contribution in [0.2, 0.25) is 0 Å². The number of amides is 1. The molecular weight excluding hydrogens is 278 g/mol. The van der Waals surface area contributed by atoms with E-state index in [1.54, 1.807) is 6.20 Å². The van der Waals surface area contributed by atoms with Crippen LogP contribution in [0.15, 0.2) is 18.3 Å². The zero-order valence-electron chi connectivity index (χ0n) is 13.4. The van der Waals surface area contributed by atoms with E-state index in [1.807, 2.05) is 24.0 Å². The van der Waals surface area contributed by atoms with Gasteiger partial charge in [0.25, 0.3) is 5.91 Å². The van der Waals surface area contributed by atoms with Crippen LogP contribution >= 0.6 is 0 Å². The summed E-state index contributed by atoms with van der Waals surface area (Å²) in [5.41, 5.74) is 2.34. The first-order chi connectivity index (χ1) is 10.5. The molecule has 1 unspecified atom stereocenters. The quantitative estimate of drug-likeness (QED) is 0.914. The fraction of sp³-hybridized carbons (Fsp3) is 0.529. The summed E-state index contributed by atoms with van der Waals surface area (Å²) in [6, 6.07) is 3.93. The number of H-pyrrole nitrogens is 1. The monoisotopic (exact) mass is 301 g/mol. The third kappa shape index (κ3) is 2.29. The number of fused-ring (bicyclic) bond motifs is 1. The van der Waals surface area contributed by atoms with Crippen molar-refractivity contribution in [1.29, 1.82) is 0 Å². The van der Waals surface area contributed by atoms with Gasteiger partial charge in [0, 0.05) is 23.9 Å². The molecule has 1 aromatic carbocycles. The minimum absolute atomic E-state index is 0.0222. The van der Waals surface area contributed by atoms with Gasteiger partial charge in [0.1, 0.15) is 0 Å². The topological polar surface area (TPSA) is 69.2 Å². The van der Waals surface area contributed by atoms with Crippen molar-refractivity contribution in [3.8, 4) is 0 Å². The summed E-state index contributed by atoms with van der Waals surface area (Å²) in [5.74, 6) is 0.369. The molecule has 1 fully saturated rings. The Kier molecular flexibility index (Phi) is 3.68. The van der Waals surface area contributed by atoms with Gasteiger partial charge in [-0.15, -0.1) is 0 Å². The lowest BCUT2D eigenvalue weighted by Gasteiger charge is -2.31. The summed E-state index contributed by atoms with van der Waals surface area (Å²) in [6.45, 7) is 7.65. The molecule has 1 saturated heterocycles. The van der Waals surface area contributed by atoms with Crippen LogP contribution < -0.4 is 0 Å². The molecule has 0 bridgehead atoms. The number of aromatic nitrogens is 2. The number of hydrogen-bond donors (Lipinski definition) is 2. The molecule has 0 aliphatic carbocycles. The molecule has 1 amide bonds. The Labute approximate surface area is 130 Å². The van der Waals surface area contributed by atoms with Gasteiger partial charge < -0.3 is 10.0 Å². The van der Waals surface area contributed by atoms with Gasteiger partial charge in [-0.25, -0.2) is 0 Å². The molecule has 0 saturated carbocycles. The number of aliphatic hydroxyl groups excluding tert-OH is 1. The molecule has 1 aliphatic rings. The number of carbonyl (C=O) groups is 1. The lowest BCUT2D eigenvalue weighted by molar-refractivity contribution is 0.0652. The first-order valence-electron chi connectivity index (χ1n) is 7.81. The van der Waals surface area contributed by atoms with Crippen LogP contribution in [-0.2, 0) is 0 Å². The summed E-state index contributed by atoms with van der Waals surface area (Å²) in [6.07, 6.45) is 2.60. The lowest BCUT2D eigenvalue weighted by Crippen LogP contribution is -2.37. The fourth-order valence-corrected chi connectivity index (χ4v) is 3.40. The van der Waals surface area contributed by atoms with Crippen LogP contribution in [0, 0.1) is 18.3 Å². The standard InChI is InChI=1S/C17H23N3O2/c1-11(2)17(10-21)4-5-20(9-17)16(22)14-7-12(3)6-13-8-18-19-15(13)14/h6-8,11,21H,4-5,9-10H2,1-3H3,(H,18,19). The molecule has 2 aromatic rings. The van der Waals surface area contributed by atoms with E-state index in [0.717, 1.165) is 22.9 Å². The second kappa shape index (κ2) is 5.39. The van der Waals surface area contributed by atoms with Crippen molar-refractivity contribution < 1.29 is 9.90 Å². The van der Waals surface area contributed by atoms with Gasteiger partial charge in [0.15, 0.2) is 0 Å². The number of carbonyl (C=O) groups excluding carboxylic acids is 1. The van der Waals surface area contributed by atoms with Crippen molar-refractivity contribution in [2.24, 2.45) is 11.3 Å². The highest BCUT2D eigenvalue weighted by Crippen LogP contribution is 2.38. The molecular formula is C17H23N3O2. The van der Waals surface area contributed by atoms with Crippen molar-refractivity contribution >= 4 is 16.8 Å². The molecule has 3 rings (SSSR count). The molecule has 0 radical (unpaired) electrons. The van der Waals surface area contributed by atoms with Gasteiger partial charge in [-0.05, 0) is 37.0 Å². The van der Waals surface area contributed by atoms with Crippen LogP contribution in [0.4, 0.5) is 0 Å². The normalized spacial score (nSPS) is 22.0. The zero-order valence-corrected chi connectivity index (χ0v) is 13.4. The molecule has 1 aromatic heterocycles. The average Bonchev–Trinajstić information content (AvgIpc) is 3.12. The molecule has 118 valence electrons. The largest absolute Gasteiger partial charge is 0.396 e. The van der Waals surface area contributed by atoms with Gasteiger partial charge in [0.05, 0.1) is 23.9 Å².